The van der Waals surface area contributed by atoms with Crippen molar-refractivity contribution in [3.05, 3.63) is 27.7 Å². The first kappa shape index (κ1) is 15.3. The van der Waals surface area contributed by atoms with Gasteiger partial charge in [0.05, 0.1) is 17.1 Å². The Labute approximate surface area is 131 Å². The maximum absolute atomic E-state index is 12.3. The molecular weight excluding hydrogens is 344 g/mol. The fourth-order valence-electron chi connectivity index (χ4n) is 2.20. The molecule has 4 nitrogen and oxygen atoms in total. The summed E-state index contributed by atoms with van der Waals surface area (Å²) in [7, 11) is 0. The van der Waals surface area contributed by atoms with E-state index < -0.39 is 6.04 Å². The van der Waals surface area contributed by atoms with Gasteiger partial charge in [0.1, 0.15) is 6.04 Å². The Balaban J connectivity index is 2.15. The van der Waals surface area contributed by atoms with E-state index in [9.17, 15) is 9.59 Å². The molecular formula is C14H16BrClN2O2. The van der Waals surface area contributed by atoms with Gasteiger partial charge in [0.2, 0.25) is 5.91 Å². The maximum Gasteiger partial charge on any atom is 0.252 e. The van der Waals surface area contributed by atoms with E-state index in [1.54, 1.807) is 12.1 Å². The topological polar surface area (TPSA) is 49.4 Å². The minimum Gasteiger partial charge on any atom is -0.372 e. The number of anilines is 1. The average molecular weight is 360 g/mol. The van der Waals surface area contributed by atoms with Crippen LogP contribution in [-0.2, 0) is 9.59 Å². The lowest BCUT2D eigenvalue weighted by Crippen LogP contribution is -2.40. The van der Waals surface area contributed by atoms with E-state index in [1.165, 1.54) is 4.90 Å². The van der Waals surface area contributed by atoms with Crippen LogP contribution in [0, 0.1) is 0 Å². The highest BCUT2D eigenvalue weighted by Gasteiger charge is 2.40. The van der Waals surface area contributed by atoms with Crippen LogP contribution < -0.4 is 5.32 Å². The molecule has 6 heteroatoms. The van der Waals surface area contributed by atoms with Crippen LogP contribution in [0.1, 0.15) is 26.7 Å². The molecule has 1 N–H and O–H groups in total. The Morgan fingerprint density at radius 3 is 2.80 bits per heavy atom. The Kier molecular flexibility index (Phi) is 4.70. The molecule has 2 atom stereocenters. The number of nitrogens with one attached hydrogen (secondary N) is 1. The molecule has 2 amide bonds. The highest BCUT2D eigenvalue weighted by atomic mass is 79.9. The molecule has 2 rings (SSSR count). The van der Waals surface area contributed by atoms with Gasteiger partial charge in [0.15, 0.2) is 0 Å². The fourth-order valence-corrected chi connectivity index (χ4v) is 2.93. The van der Waals surface area contributed by atoms with Gasteiger partial charge >= 0.3 is 0 Å². The second-order valence-electron chi connectivity index (χ2n) is 4.88. The Morgan fingerprint density at radius 1 is 1.50 bits per heavy atom. The summed E-state index contributed by atoms with van der Waals surface area (Å²) in [5.41, 5.74) is 0.659. The van der Waals surface area contributed by atoms with Gasteiger partial charge in [0.25, 0.3) is 5.91 Å². The van der Waals surface area contributed by atoms with Crippen LogP contribution in [0.15, 0.2) is 22.7 Å². The molecule has 108 valence electrons. The Bertz CT molecular complexity index is 550. The van der Waals surface area contributed by atoms with Crippen molar-refractivity contribution in [2.75, 3.05) is 5.32 Å². The number of rotatable bonds is 4. The molecule has 1 aliphatic heterocycles. The van der Waals surface area contributed by atoms with Crippen LogP contribution in [0.4, 0.5) is 5.69 Å². The zero-order valence-electron chi connectivity index (χ0n) is 11.3. The largest absolute Gasteiger partial charge is 0.372 e. The fraction of sp³-hybridized carbons (Fsp3) is 0.429. The van der Waals surface area contributed by atoms with Crippen molar-refractivity contribution in [3.63, 3.8) is 0 Å². The molecule has 20 heavy (non-hydrogen) atoms. The summed E-state index contributed by atoms with van der Waals surface area (Å²) in [6, 6.07) is 4.77. The van der Waals surface area contributed by atoms with Gasteiger partial charge in [-0.3, -0.25) is 14.5 Å². The Morgan fingerprint density at radius 2 is 2.20 bits per heavy atom. The molecule has 0 aromatic heterocycles. The van der Waals surface area contributed by atoms with E-state index in [0.717, 1.165) is 10.9 Å². The molecule has 0 saturated carbocycles. The van der Waals surface area contributed by atoms with Crippen molar-refractivity contribution in [3.8, 4) is 0 Å². The first-order chi connectivity index (χ1) is 9.43. The zero-order chi connectivity index (χ0) is 14.9. The lowest BCUT2D eigenvalue weighted by Gasteiger charge is -2.22. The summed E-state index contributed by atoms with van der Waals surface area (Å²) >= 11 is 9.44. The highest BCUT2D eigenvalue weighted by Crippen LogP contribution is 2.28. The van der Waals surface area contributed by atoms with Gasteiger partial charge in [-0.2, -0.15) is 0 Å². The van der Waals surface area contributed by atoms with Crippen LogP contribution in [-0.4, -0.2) is 28.8 Å². The number of nitrogens with zero attached hydrogens (tertiary/aromatic N) is 1. The quantitative estimate of drug-likeness (QED) is 0.838. The number of amides is 2. The Hall–Kier alpha value is -1.07. The third-order valence-electron chi connectivity index (χ3n) is 3.48. The van der Waals surface area contributed by atoms with Crippen LogP contribution in [0.2, 0.25) is 5.02 Å². The molecule has 1 saturated heterocycles. The van der Waals surface area contributed by atoms with Crippen LogP contribution in [0.5, 0.6) is 0 Å². The van der Waals surface area contributed by atoms with Crippen molar-refractivity contribution in [1.82, 2.24) is 4.90 Å². The van der Waals surface area contributed by atoms with E-state index in [-0.39, 0.29) is 24.3 Å². The van der Waals surface area contributed by atoms with Crippen molar-refractivity contribution in [1.29, 1.82) is 0 Å². The third-order valence-corrected chi connectivity index (χ3v) is 4.28. The van der Waals surface area contributed by atoms with Crippen LogP contribution in [0.3, 0.4) is 0 Å². The SMILES string of the molecule is CCC(C)N1C(=O)CC(Nc2ccc(Br)cc2Cl)C1=O. The maximum atomic E-state index is 12.3. The lowest BCUT2D eigenvalue weighted by molar-refractivity contribution is -0.140. The number of halogens is 2. The van der Waals surface area contributed by atoms with Crippen molar-refractivity contribution < 1.29 is 9.59 Å². The summed E-state index contributed by atoms with van der Waals surface area (Å²) in [5.74, 6) is -0.307. The predicted octanol–water partition coefficient (Wildman–Crippen LogP) is 3.44. The number of imide groups is 1. The molecule has 2 unspecified atom stereocenters. The molecule has 1 aliphatic rings. The molecule has 0 aliphatic carbocycles. The first-order valence-corrected chi connectivity index (χ1v) is 7.68. The van der Waals surface area contributed by atoms with E-state index in [4.69, 9.17) is 11.6 Å². The van der Waals surface area contributed by atoms with E-state index in [1.807, 2.05) is 19.9 Å². The first-order valence-electron chi connectivity index (χ1n) is 6.51. The summed E-state index contributed by atoms with van der Waals surface area (Å²) < 4.78 is 0.864. The number of hydrogen-bond acceptors (Lipinski definition) is 3. The summed E-state index contributed by atoms with van der Waals surface area (Å²) in [4.78, 5) is 25.6. The number of hydrogen-bond donors (Lipinski definition) is 1. The van der Waals surface area contributed by atoms with E-state index >= 15 is 0 Å². The molecule has 1 aromatic rings. The minimum absolute atomic E-state index is 0.0674. The number of carbonyl (C=O) groups excluding carboxylic acids is 2. The summed E-state index contributed by atoms with van der Waals surface area (Å²) in [5, 5.41) is 3.58. The molecule has 0 spiro atoms. The standard InChI is InChI=1S/C14H16BrClN2O2/c1-3-8(2)18-13(19)7-12(14(18)20)17-11-5-4-9(15)6-10(11)16/h4-6,8,12,17H,3,7H2,1-2H3. The number of benzene rings is 1. The monoisotopic (exact) mass is 358 g/mol. The molecule has 1 fully saturated rings. The number of carbonyl (C=O) groups is 2. The van der Waals surface area contributed by atoms with Crippen molar-refractivity contribution >= 4 is 45.0 Å². The van der Waals surface area contributed by atoms with Gasteiger partial charge in [-0.1, -0.05) is 34.5 Å². The van der Waals surface area contributed by atoms with E-state index in [0.29, 0.717) is 10.7 Å². The molecule has 0 radical (unpaired) electrons. The minimum atomic E-state index is -0.532. The van der Waals surface area contributed by atoms with Gasteiger partial charge < -0.3 is 5.32 Å². The zero-order valence-corrected chi connectivity index (χ0v) is 13.7. The van der Waals surface area contributed by atoms with Gasteiger partial charge in [-0.15, -0.1) is 0 Å². The predicted molar refractivity (Wildman–Crippen MR) is 82.8 cm³/mol. The summed E-state index contributed by atoms with van der Waals surface area (Å²) in [6.45, 7) is 3.84. The van der Waals surface area contributed by atoms with Gasteiger partial charge in [-0.25, -0.2) is 0 Å². The lowest BCUT2D eigenvalue weighted by atomic mass is 10.2. The normalized spacial score (nSPS) is 20.4. The second kappa shape index (κ2) is 6.14. The van der Waals surface area contributed by atoms with Crippen LogP contribution in [0.25, 0.3) is 0 Å². The highest BCUT2D eigenvalue weighted by molar-refractivity contribution is 9.10. The third kappa shape index (κ3) is 2.99. The molecule has 0 bridgehead atoms. The van der Waals surface area contributed by atoms with Crippen molar-refractivity contribution in [2.24, 2.45) is 0 Å². The van der Waals surface area contributed by atoms with E-state index in [2.05, 4.69) is 21.2 Å². The van der Waals surface area contributed by atoms with Crippen LogP contribution >= 0.6 is 27.5 Å². The molecule has 1 aromatic carbocycles. The molecule has 1 heterocycles. The second-order valence-corrected chi connectivity index (χ2v) is 6.21. The van der Waals surface area contributed by atoms with Gasteiger partial charge in [-0.05, 0) is 31.5 Å². The average Bonchev–Trinajstić information content (AvgIpc) is 2.67. The van der Waals surface area contributed by atoms with Crippen molar-refractivity contribution in [2.45, 2.75) is 38.8 Å². The summed E-state index contributed by atoms with van der Waals surface area (Å²) in [6.07, 6.45) is 0.929. The van der Waals surface area contributed by atoms with Gasteiger partial charge in [0, 0.05) is 10.5 Å². The smallest absolute Gasteiger partial charge is 0.252 e. The number of likely N-dealkylation sites (tertiary alicyclic amines) is 1.